The van der Waals surface area contributed by atoms with Crippen LogP contribution < -0.4 is 11.1 Å². The Labute approximate surface area is 210 Å². The van der Waals surface area contributed by atoms with Gasteiger partial charge in [-0.3, -0.25) is 14.4 Å². The third kappa shape index (κ3) is 6.17. The summed E-state index contributed by atoms with van der Waals surface area (Å²) in [7, 11) is 0. The summed E-state index contributed by atoms with van der Waals surface area (Å²) < 4.78 is 0. The molecule has 1 fully saturated rings. The fourth-order valence-corrected chi connectivity index (χ4v) is 4.62. The number of nitrogens with one attached hydrogen (secondary N) is 1. The van der Waals surface area contributed by atoms with Crippen LogP contribution in [0.4, 0.5) is 0 Å². The van der Waals surface area contributed by atoms with Gasteiger partial charge in [0.15, 0.2) is 5.78 Å². The third-order valence-corrected chi connectivity index (χ3v) is 6.52. The van der Waals surface area contributed by atoms with Gasteiger partial charge >= 0.3 is 0 Å². The van der Waals surface area contributed by atoms with E-state index in [-0.39, 0.29) is 23.3 Å². The van der Waals surface area contributed by atoms with E-state index in [4.69, 9.17) is 5.73 Å². The van der Waals surface area contributed by atoms with Gasteiger partial charge in [0.25, 0.3) is 0 Å². The average molecular weight is 486 g/mol. The fourth-order valence-electron chi connectivity index (χ4n) is 4.62. The SMILES string of the molecule is N[C@@H](Cc1ccc(O)cc1)C(=O)N1CCC[C@H]1C(=O)N[C@@H](Cc1ccccc1)C(=O)c1ccccc1. The topological polar surface area (TPSA) is 113 Å². The van der Waals surface area contributed by atoms with Gasteiger partial charge in [-0.25, -0.2) is 0 Å². The highest BCUT2D eigenvalue weighted by Gasteiger charge is 2.37. The largest absolute Gasteiger partial charge is 0.508 e. The number of nitrogens with zero attached hydrogens (tertiary/aromatic N) is 1. The molecule has 7 heteroatoms. The Morgan fingerprint density at radius 3 is 2.17 bits per heavy atom. The van der Waals surface area contributed by atoms with E-state index in [1.54, 1.807) is 48.5 Å². The normalized spacial score (nSPS) is 16.8. The highest BCUT2D eigenvalue weighted by Crippen LogP contribution is 2.21. The van der Waals surface area contributed by atoms with Gasteiger partial charge in [-0.05, 0) is 42.5 Å². The molecule has 0 aliphatic carbocycles. The van der Waals surface area contributed by atoms with Gasteiger partial charge in [-0.1, -0.05) is 72.8 Å². The van der Waals surface area contributed by atoms with Crippen molar-refractivity contribution in [2.45, 2.75) is 43.8 Å². The van der Waals surface area contributed by atoms with Gasteiger partial charge in [0.2, 0.25) is 11.8 Å². The van der Waals surface area contributed by atoms with E-state index in [2.05, 4.69) is 5.32 Å². The van der Waals surface area contributed by atoms with Crippen LogP contribution in [0.5, 0.6) is 5.75 Å². The van der Waals surface area contributed by atoms with Gasteiger partial charge in [-0.15, -0.1) is 0 Å². The number of amides is 2. The maximum atomic E-state index is 13.4. The first-order valence-electron chi connectivity index (χ1n) is 12.2. The molecule has 1 aliphatic heterocycles. The first-order valence-corrected chi connectivity index (χ1v) is 12.2. The van der Waals surface area contributed by atoms with E-state index in [1.165, 1.54) is 4.90 Å². The number of aromatic hydroxyl groups is 1. The van der Waals surface area contributed by atoms with Crippen LogP contribution in [0.2, 0.25) is 0 Å². The summed E-state index contributed by atoms with van der Waals surface area (Å²) in [6, 6.07) is 22.7. The van der Waals surface area contributed by atoms with E-state index in [1.807, 2.05) is 36.4 Å². The van der Waals surface area contributed by atoms with Crippen LogP contribution in [0.1, 0.15) is 34.3 Å². The number of ketones is 1. The van der Waals surface area contributed by atoms with Crippen LogP contribution in [0.15, 0.2) is 84.9 Å². The minimum Gasteiger partial charge on any atom is -0.508 e. The Morgan fingerprint density at radius 1 is 0.889 bits per heavy atom. The second kappa shape index (κ2) is 11.6. The zero-order valence-electron chi connectivity index (χ0n) is 20.0. The Hall–Kier alpha value is -3.97. The monoisotopic (exact) mass is 485 g/mol. The van der Waals surface area contributed by atoms with Crippen molar-refractivity contribution in [1.29, 1.82) is 0 Å². The predicted molar refractivity (Wildman–Crippen MR) is 137 cm³/mol. The first-order chi connectivity index (χ1) is 17.4. The molecule has 3 atom stereocenters. The summed E-state index contributed by atoms with van der Waals surface area (Å²) in [5, 5.41) is 12.4. The molecule has 3 aromatic carbocycles. The number of hydrogen-bond donors (Lipinski definition) is 3. The van der Waals surface area contributed by atoms with E-state index in [0.717, 1.165) is 11.1 Å². The number of Topliss-reactive ketones (excluding diaryl/α,β-unsaturated/α-hetero) is 1. The summed E-state index contributed by atoms with van der Waals surface area (Å²) in [5.74, 6) is -0.671. The Morgan fingerprint density at radius 2 is 1.50 bits per heavy atom. The van der Waals surface area contributed by atoms with Crippen molar-refractivity contribution in [1.82, 2.24) is 10.2 Å². The van der Waals surface area contributed by atoms with Crippen LogP contribution in [-0.2, 0) is 22.4 Å². The predicted octanol–water partition coefficient (Wildman–Crippen LogP) is 2.86. The summed E-state index contributed by atoms with van der Waals surface area (Å²) in [6.45, 7) is 0.441. The number of carbonyl (C=O) groups excluding carboxylic acids is 3. The highest BCUT2D eigenvalue weighted by atomic mass is 16.3. The van der Waals surface area contributed by atoms with Crippen LogP contribution >= 0.6 is 0 Å². The minimum absolute atomic E-state index is 0.144. The molecule has 0 saturated carbocycles. The third-order valence-electron chi connectivity index (χ3n) is 6.52. The van der Waals surface area contributed by atoms with Crippen LogP contribution in [0, 0.1) is 0 Å². The maximum absolute atomic E-state index is 13.4. The first kappa shape index (κ1) is 25.1. The molecule has 7 nitrogen and oxygen atoms in total. The smallest absolute Gasteiger partial charge is 0.243 e. The Kier molecular flexibility index (Phi) is 8.13. The quantitative estimate of drug-likeness (QED) is 0.404. The van der Waals surface area contributed by atoms with Crippen molar-refractivity contribution in [2.24, 2.45) is 5.73 Å². The molecule has 0 spiro atoms. The number of phenolic OH excluding ortho intramolecular Hbond substituents is 1. The lowest BCUT2D eigenvalue weighted by molar-refractivity contribution is -0.139. The van der Waals surface area contributed by atoms with Crippen molar-refractivity contribution in [3.8, 4) is 5.75 Å². The van der Waals surface area contributed by atoms with Gasteiger partial charge in [0.1, 0.15) is 11.8 Å². The molecule has 186 valence electrons. The Balaban J connectivity index is 1.47. The van der Waals surface area contributed by atoms with Crippen molar-refractivity contribution in [3.05, 3.63) is 102 Å². The number of hydrogen-bond acceptors (Lipinski definition) is 5. The van der Waals surface area contributed by atoms with E-state index < -0.39 is 18.1 Å². The molecule has 4 rings (SSSR count). The van der Waals surface area contributed by atoms with Crippen molar-refractivity contribution in [3.63, 3.8) is 0 Å². The second-order valence-corrected chi connectivity index (χ2v) is 9.15. The van der Waals surface area contributed by atoms with E-state index in [0.29, 0.717) is 37.8 Å². The zero-order valence-corrected chi connectivity index (χ0v) is 20.0. The maximum Gasteiger partial charge on any atom is 0.243 e. The van der Waals surface area contributed by atoms with Gasteiger partial charge in [-0.2, -0.15) is 0 Å². The molecule has 2 amide bonds. The minimum atomic E-state index is -0.811. The fraction of sp³-hybridized carbons (Fsp3) is 0.276. The summed E-state index contributed by atoms with van der Waals surface area (Å²) in [5.41, 5.74) is 8.50. The zero-order chi connectivity index (χ0) is 25.5. The number of rotatable bonds is 9. The summed E-state index contributed by atoms with van der Waals surface area (Å²) >= 11 is 0. The van der Waals surface area contributed by atoms with Crippen molar-refractivity contribution < 1.29 is 19.5 Å². The molecule has 36 heavy (non-hydrogen) atoms. The molecular formula is C29H31N3O4. The number of likely N-dealkylation sites (tertiary alicyclic amines) is 1. The molecule has 0 aromatic heterocycles. The van der Waals surface area contributed by atoms with Gasteiger partial charge in [0.05, 0.1) is 12.1 Å². The van der Waals surface area contributed by atoms with Gasteiger partial charge < -0.3 is 21.1 Å². The second-order valence-electron chi connectivity index (χ2n) is 9.15. The summed E-state index contributed by atoms with van der Waals surface area (Å²) in [4.78, 5) is 41.4. The molecule has 0 bridgehead atoms. The molecule has 1 aliphatic rings. The van der Waals surface area contributed by atoms with Crippen LogP contribution in [-0.4, -0.2) is 52.3 Å². The lowest BCUT2D eigenvalue weighted by Crippen LogP contribution is -2.54. The standard InChI is InChI=1S/C29H31N3O4/c30-24(18-21-13-15-23(33)16-14-21)29(36)32-17-7-12-26(32)28(35)31-25(19-20-8-3-1-4-9-20)27(34)22-10-5-2-6-11-22/h1-6,8-11,13-16,24-26,33H,7,12,17-19,30H2,(H,31,35)/t24-,25-,26-/m0/s1. The average Bonchev–Trinajstić information content (AvgIpc) is 3.40. The number of carbonyl (C=O) groups is 3. The molecule has 3 aromatic rings. The molecular weight excluding hydrogens is 454 g/mol. The number of phenols is 1. The lowest BCUT2D eigenvalue weighted by Gasteiger charge is -2.28. The van der Waals surface area contributed by atoms with Crippen molar-refractivity contribution in [2.75, 3.05) is 6.54 Å². The Bertz CT molecular complexity index is 1180. The molecule has 1 heterocycles. The van der Waals surface area contributed by atoms with Crippen LogP contribution in [0.3, 0.4) is 0 Å². The highest BCUT2D eigenvalue weighted by molar-refractivity contribution is 6.03. The van der Waals surface area contributed by atoms with E-state index >= 15 is 0 Å². The molecule has 4 N–H and O–H groups in total. The molecule has 0 radical (unpaired) electrons. The van der Waals surface area contributed by atoms with Crippen molar-refractivity contribution >= 4 is 17.6 Å². The van der Waals surface area contributed by atoms with E-state index in [9.17, 15) is 19.5 Å². The lowest BCUT2D eigenvalue weighted by atomic mass is 9.97. The summed E-state index contributed by atoms with van der Waals surface area (Å²) in [6.07, 6.45) is 1.85. The number of nitrogens with two attached hydrogens (primary N) is 1. The van der Waals surface area contributed by atoms with Crippen LogP contribution in [0.25, 0.3) is 0 Å². The molecule has 0 unspecified atom stereocenters. The van der Waals surface area contributed by atoms with Gasteiger partial charge in [0, 0.05) is 18.5 Å². The molecule has 1 saturated heterocycles. The number of benzene rings is 3.